The Kier molecular flexibility index (Phi) is 5.56. The summed E-state index contributed by atoms with van der Waals surface area (Å²) in [6, 6.07) is 23.4. The van der Waals surface area contributed by atoms with Crippen molar-refractivity contribution in [3.05, 3.63) is 120 Å². The van der Waals surface area contributed by atoms with Crippen LogP contribution in [0.2, 0.25) is 0 Å². The number of nitrogens with zero attached hydrogens (tertiary/aromatic N) is 2. The van der Waals surface area contributed by atoms with Gasteiger partial charge in [-0.15, -0.1) is 0 Å². The lowest BCUT2D eigenvalue weighted by Gasteiger charge is -2.23. The molecule has 0 saturated carbocycles. The SMILES string of the molecule is O=C(c1ccc(F)cc1)N(Cc1ccco1)Cc1cccn1Cc1ccccc1. The Labute approximate surface area is 168 Å². The van der Waals surface area contributed by atoms with Crippen molar-refractivity contribution in [1.29, 1.82) is 0 Å². The van der Waals surface area contributed by atoms with Crippen LogP contribution in [-0.2, 0) is 19.6 Å². The summed E-state index contributed by atoms with van der Waals surface area (Å²) in [6.45, 7) is 1.47. The monoisotopic (exact) mass is 388 g/mol. The molecule has 0 aliphatic rings. The second-order valence-corrected chi connectivity index (χ2v) is 6.86. The fraction of sp³-hybridized carbons (Fsp3) is 0.125. The number of benzene rings is 2. The molecule has 0 spiro atoms. The molecule has 0 aliphatic carbocycles. The van der Waals surface area contributed by atoms with E-state index in [1.807, 2.05) is 42.6 Å². The minimum Gasteiger partial charge on any atom is -0.467 e. The van der Waals surface area contributed by atoms with Gasteiger partial charge in [-0.05, 0) is 54.1 Å². The highest BCUT2D eigenvalue weighted by atomic mass is 19.1. The van der Waals surface area contributed by atoms with Crippen molar-refractivity contribution in [3.63, 3.8) is 0 Å². The zero-order chi connectivity index (χ0) is 20.1. The number of aromatic nitrogens is 1. The fourth-order valence-corrected chi connectivity index (χ4v) is 3.29. The number of rotatable bonds is 7. The molecule has 0 N–H and O–H groups in total. The molecule has 29 heavy (non-hydrogen) atoms. The van der Waals surface area contributed by atoms with E-state index in [0.717, 1.165) is 12.2 Å². The average molecular weight is 388 g/mol. The summed E-state index contributed by atoms with van der Waals surface area (Å²) in [4.78, 5) is 14.8. The van der Waals surface area contributed by atoms with Crippen molar-refractivity contribution in [2.45, 2.75) is 19.6 Å². The first-order valence-corrected chi connectivity index (χ1v) is 9.44. The van der Waals surface area contributed by atoms with Gasteiger partial charge in [0.05, 0.1) is 19.4 Å². The first kappa shape index (κ1) is 18.7. The summed E-state index contributed by atoms with van der Waals surface area (Å²) in [5.74, 6) is 0.159. The third-order valence-electron chi connectivity index (χ3n) is 4.78. The molecular formula is C24H21FN2O2. The van der Waals surface area contributed by atoms with Crippen LogP contribution >= 0.6 is 0 Å². The van der Waals surface area contributed by atoms with Gasteiger partial charge in [0.2, 0.25) is 0 Å². The van der Waals surface area contributed by atoms with Gasteiger partial charge < -0.3 is 13.9 Å². The highest BCUT2D eigenvalue weighted by Gasteiger charge is 2.19. The van der Waals surface area contributed by atoms with E-state index in [0.29, 0.717) is 24.4 Å². The van der Waals surface area contributed by atoms with Gasteiger partial charge in [-0.2, -0.15) is 0 Å². The van der Waals surface area contributed by atoms with Gasteiger partial charge in [-0.1, -0.05) is 30.3 Å². The molecule has 4 nitrogen and oxygen atoms in total. The Morgan fingerprint density at radius 2 is 1.69 bits per heavy atom. The van der Waals surface area contributed by atoms with Gasteiger partial charge in [-0.3, -0.25) is 4.79 Å². The Morgan fingerprint density at radius 1 is 0.897 bits per heavy atom. The largest absolute Gasteiger partial charge is 0.467 e. The minimum atomic E-state index is -0.365. The van der Waals surface area contributed by atoms with Gasteiger partial charge >= 0.3 is 0 Å². The molecule has 4 aromatic rings. The molecule has 0 bridgehead atoms. The minimum absolute atomic E-state index is 0.172. The lowest BCUT2D eigenvalue weighted by atomic mass is 10.2. The van der Waals surface area contributed by atoms with E-state index in [1.54, 1.807) is 17.2 Å². The maximum atomic E-state index is 13.3. The maximum absolute atomic E-state index is 13.3. The third-order valence-corrected chi connectivity index (χ3v) is 4.78. The van der Waals surface area contributed by atoms with Gasteiger partial charge in [0.1, 0.15) is 11.6 Å². The topological polar surface area (TPSA) is 38.4 Å². The van der Waals surface area contributed by atoms with Crippen molar-refractivity contribution in [2.75, 3.05) is 0 Å². The van der Waals surface area contributed by atoms with Crippen molar-refractivity contribution in [2.24, 2.45) is 0 Å². The number of hydrogen-bond acceptors (Lipinski definition) is 2. The predicted octanol–water partition coefficient (Wildman–Crippen LogP) is 5.11. The Hall–Kier alpha value is -3.60. The van der Waals surface area contributed by atoms with Gasteiger partial charge in [0.25, 0.3) is 5.91 Å². The van der Waals surface area contributed by atoms with E-state index in [1.165, 1.54) is 29.8 Å². The van der Waals surface area contributed by atoms with Crippen LogP contribution in [0.4, 0.5) is 4.39 Å². The molecule has 0 saturated heterocycles. The fourth-order valence-electron chi connectivity index (χ4n) is 3.29. The maximum Gasteiger partial charge on any atom is 0.254 e. The van der Waals surface area contributed by atoms with E-state index in [2.05, 4.69) is 16.7 Å². The van der Waals surface area contributed by atoms with E-state index in [9.17, 15) is 9.18 Å². The van der Waals surface area contributed by atoms with Crippen LogP contribution in [0, 0.1) is 5.82 Å². The summed E-state index contributed by atoms with van der Waals surface area (Å²) < 4.78 is 20.9. The van der Waals surface area contributed by atoms with Crippen molar-refractivity contribution in [3.8, 4) is 0 Å². The molecule has 2 aromatic heterocycles. The predicted molar refractivity (Wildman–Crippen MR) is 109 cm³/mol. The quantitative estimate of drug-likeness (QED) is 0.441. The summed E-state index contributed by atoms with van der Waals surface area (Å²) in [6.07, 6.45) is 3.60. The second-order valence-electron chi connectivity index (χ2n) is 6.86. The molecule has 0 fully saturated rings. The van der Waals surface area contributed by atoms with Crippen LogP contribution in [0.3, 0.4) is 0 Å². The van der Waals surface area contributed by atoms with Crippen LogP contribution in [0.15, 0.2) is 95.7 Å². The summed E-state index contributed by atoms with van der Waals surface area (Å²) >= 11 is 0. The molecule has 0 atom stereocenters. The van der Waals surface area contributed by atoms with Gasteiger partial charge in [0, 0.05) is 24.0 Å². The zero-order valence-corrected chi connectivity index (χ0v) is 15.9. The molecule has 0 aliphatic heterocycles. The molecule has 1 amide bonds. The summed E-state index contributed by atoms with van der Waals surface area (Å²) in [5.41, 5.74) is 2.64. The number of furan rings is 1. The first-order chi connectivity index (χ1) is 14.2. The van der Waals surface area contributed by atoms with E-state index >= 15 is 0 Å². The van der Waals surface area contributed by atoms with Crippen molar-refractivity contribution >= 4 is 5.91 Å². The van der Waals surface area contributed by atoms with Crippen LogP contribution in [-0.4, -0.2) is 15.4 Å². The molecule has 2 heterocycles. The molecule has 5 heteroatoms. The van der Waals surface area contributed by atoms with Gasteiger partial charge in [-0.25, -0.2) is 4.39 Å². The summed E-state index contributed by atoms with van der Waals surface area (Å²) in [5, 5.41) is 0. The number of hydrogen-bond donors (Lipinski definition) is 0. The molecule has 2 aromatic carbocycles. The van der Waals surface area contributed by atoms with Crippen LogP contribution in [0.1, 0.15) is 27.4 Å². The van der Waals surface area contributed by atoms with E-state index in [4.69, 9.17) is 4.42 Å². The molecular weight excluding hydrogens is 367 g/mol. The van der Waals surface area contributed by atoms with Crippen LogP contribution < -0.4 is 0 Å². The van der Waals surface area contributed by atoms with Crippen molar-refractivity contribution in [1.82, 2.24) is 9.47 Å². The van der Waals surface area contributed by atoms with E-state index < -0.39 is 0 Å². The number of halogens is 1. The zero-order valence-electron chi connectivity index (χ0n) is 15.9. The average Bonchev–Trinajstić information content (AvgIpc) is 3.41. The van der Waals surface area contributed by atoms with E-state index in [-0.39, 0.29) is 11.7 Å². The Bertz CT molecular complexity index is 1050. The smallest absolute Gasteiger partial charge is 0.254 e. The Balaban J connectivity index is 1.58. The van der Waals surface area contributed by atoms with Crippen LogP contribution in [0.5, 0.6) is 0 Å². The lowest BCUT2D eigenvalue weighted by molar-refractivity contribution is 0.0713. The van der Waals surface area contributed by atoms with Gasteiger partial charge in [0.15, 0.2) is 0 Å². The normalized spacial score (nSPS) is 10.8. The summed E-state index contributed by atoms with van der Waals surface area (Å²) in [7, 11) is 0. The number of carbonyl (C=O) groups is 1. The number of amides is 1. The third kappa shape index (κ3) is 4.63. The molecule has 0 unspecified atom stereocenters. The standard InChI is InChI=1S/C24H21FN2O2/c25-21-12-10-20(11-13-21)24(28)27(18-23-9-5-15-29-23)17-22-8-4-14-26(22)16-19-6-2-1-3-7-19/h1-15H,16-18H2. The second kappa shape index (κ2) is 8.61. The lowest BCUT2D eigenvalue weighted by Crippen LogP contribution is -2.31. The highest BCUT2D eigenvalue weighted by Crippen LogP contribution is 2.17. The molecule has 4 rings (SSSR count). The van der Waals surface area contributed by atoms with Crippen LogP contribution in [0.25, 0.3) is 0 Å². The highest BCUT2D eigenvalue weighted by molar-refractivity contribution is 5.94. The molecule has 0 radical (unpaired) electrons. The first-order valence-electron chi connectivity index (χ1n) is 9.44. The molecule has 146 valence electrons. The Morgan fingerprint density at radius 3 is 2.41 bits per heavy atom. The van der Waals surface area contributed by atoms with Crippen molar-refractivity contribution < 1.29 is 13.6 Å². The number of carbonyl (C=O) groups excluding carboxylic acids is 1.